The Morgan fingerprint density at radius 1 is 1.30 bits per heavy atom. The molecule has 1 spiro atoms. The van der Waals surface area contributed by atoms with E-state index in [-0.39, 0.29) is 42.3 Å². The van der Waals surface area contributed by atoms with E-state index in [1.807, 2.05) is 12.1 Å². The molecule has 0 saturated carbocycles. The first-order valence-corrected chi connectivity index (χ1v) is 10.0. The molecule has 0 aliphatic carbocycles. The Hall–Kier alpha value is -0.560. The average molecular weight is 452 g/mol. The smallest absolute Gasteiger partial charge is 0.312 e. The van der Waals surface area contributed by atoms with E-state index in [0.29, 0.717) is 0 Å². The number of halogens is 3. The third kappa shape index (κ3) is 4.55. The number of ether oxygens (including phenoxy) is 1. The SMILES string of the molecule is CN(Cc1sc2ccccc2c1Cl)CC1CC2(CCNCC2)C(=O)O1.Cl.Cl. The molecule has 1 atom stereocenters. The van der Waals surface area contributed by atoms with Crippen LogP contribution in [0.25, 0.3) is 10.1 Å². The molecule has 2 aliphatic heterocycles. The van der Waals surface area contributed by atoms with E-state index in [4.69, 9.17) is 16.3 Å². The van der Waals surface area contributed by atoms with Crippen molar-refractivity contribution >= 4 is 63.8 Å². The molecule has 0 amide bonds. The third-order valence-electron chi connectivity index (χ3n) is 5.42. The number of esters is 1. The molecule has 3 heterocycles. The van der Waals surface area contributed by atoms with Gasteiger partial charge in [0.15, 0.2) is 0 Å². The lowest BCUT2D eigenvalue weighted by atomic mass is 9.76. The fourth-order valence-electron chi connectivity index (χ4n) is 4.08. The van der Waals surface area contributed by atoms with Gasteiger partial charge in [-0.2, -0.15) is 0 Å². The molecule has 0 bridgehead atoms. The monoisotopic (exact) mass is 450 g/mol. The van der Waals surface area contributed by atoms with Crippen LogP contribution in [-0.2, 0) is 16.1 Å². The lowest BCUT2D eigenvalue weighted by Crippen LogP contribution is -2.39. The van der Waals surface area contributed by atoms with Gasteiger partial charge in [0, 0.05) is 34.5 Å². The maximum atomic E-state index is 12.4. The minimum absolute atomic E-state index is 0. The van der Waals surface area contributed by atoms with Gasteiger partial charge >= 0.3 is 5.97 Å². The molecule has 4 rings (SSSR count). The van der Waals surface area contributed by atoms with Gasteiger partial charge in [0.1, 0.15) is 6.10 Å². The zero-order valence-corrected chi connectivity index (χ0v) is 18.4. The van der Waals surface area contributed by atoms with Gasteiger partial charge in [-0.25, -0.2) is 0 Å². The molecular weight excluding hydrogens is 427 g/mol. The summed E-state index contributed by atoms with van der Waals surface area (Å²) in [5, 5.41) is 5.31. The topological polar surface area (TPSA) is 41.6 Å². The maximum Gasteiger partial charge on any atom is 0.312 e. The molecular formula is C19H25Cl3N2O2S. The molecule has 1 unspecified atom stereocenters. The number of thiophene rings is 1. The van der Waals surface area contributed by atoms with Crippen molar-refractivity contribution in [3.8, 4) is 0 Å². The van der Waals surface area contributed by atoms with Gasteiger partial charge < -0.3 is 10.1 Å². The highest BCUT2D eigenvalue weighted by molar-refractivity contribution is 7.19. The van der Waals surface area contributed by atoms with E-state index >= 15 is 0 Å². The van der Waals surface area contributed by atoms with Crippen LogP contribution in [0.15, 0.2) is 24.3 Å². The Balaban J connectivity index is 0.00000131. The second-order valence-corrected chi connectivity index (χ2v) is 8.81. The van der Waals surface area contributed by atoms with E-state index < -0.39 is 0 Å². The summed E-state index contributed by atoms with van der Waals surface area (Å²) in [6, 6.07) is 8.23. The number of likely N-dealkylation sites (N-methyl/N-ethyl adjacent to an activating group) is 1. The fraction of sp³-hybridized carbons (Fsp3) is 0.526. The first-order valence-electron chi connectivity index (χ1n) is 8.84. The summed E-state index contributed by atoms with van der Waals surface area (Å²) in [6.45, 7) is 3.36. The van der Waals surface area contributed by atoms with Crippen LogP contribution in [0.2, 0.25) is 5.02 Å². The average Bonchev–Trinajstić information content (AvgIpc) is 3.06. The summed E-state index contributed by atoms with van der Waals surface area (Å²) in [6.07, 6.45) is 2.63. The molecule has 2 aromatic rings. The van der Waals surface area contributed by atoms with Crippen LogP contribution in [0.3, 0.4) is 0 Å². The molecule has 1 aromatic heterocycles. The molecule has 0 radical (unpaired) electrons. The van der Waals surface area contributed by atoms with E-state index in [0.717, 1.165) is 55.9 Å². The van der Waals surface area contributed by atoms with Crippen molar-refractivity contribution in [2.45, 2.75) is 31.9 Å². The lowest BCUT2D eigenvalue weighted by Gasteiger charge is -2.29. The van der Waals surface area contributed by atoms with Crippen molar-refractivity contribution in [1.82, 2.24) is 10.2 Å². The highest BCUT2D eigenvalue weighted by atomic mass is 35.5. The van der Waals surface area contributed by atoms with Crippen LogP contribution >= 0.6 is 47.8 Å². The van der Waals surface area contributed by atoms with Gasteiger partial charge in [-0.1, -0.05) is 29.8 Å². The van der Waals surface area contributed by atoms with Gasteiger partial charge in [-0.05, 0) is 39.0 Å². The molecule has 2 aliphatic rings. The van der Waals surface area contributed by atoms with E-state index in [9.17, 15) is 4.79 Å². The van der Waals surface area contributed by atoms with Crippen LogP contribution in [0.5, 0.6) is 0 Å². The number of rotatable bonds is 4. The van der Waals surface area contributed by atoms with Gasteiger partial charge in [-0.3, -0.25) is 9.69 Å². The van der Waals surface area contributed by atoms with Crippen molar-refractivity contribution in [3.05, 3.63) is 34.2 Å². The summed E-state index contributed by atoms with van der Waals surface area (Å²) in [4.78, 5) is 15.8. The normalized spacial score (nSPS) is 21.1. The van der Waals surface area contributed by atoms with Crippen LogP contribution in [0.4, 0.5) is 0 Å². The van der Waals surface area contributed by atoms with Crippen LogP contribution < -0.4 is 5.32 Å². The zero-order chi connectivity index (χ0) is 17.4. The maximum absolute atomic E-state index is 12.4. The number of piperidine rings is 1. The van der Waals surface area contributed by atoms with Crippen LogP contribution in [0.1, 0.15) is 24.1 Å². The fourth-order valence-corrected chi connectivity index (χ4v) is 5.65. The number of hydrogen-bond donors (Lipinski definition) is 1. The Morgan fingerprint density at radius 3 is 2.70 bits per heavy atom. The van der Waals surface area contributed by atoms with Crippen molar-refractivity contribution in [2.24, 2.45) is 5.41 Å². The Morgan fingerprint density at radius 2 is 2.00 bits per heavy atom. The standard InChI is InChI=1S/C19H23ClN2O2S.2ClH/c1-22(12-16-17(20)14-4-2-3-5-15(14)25-16)11-13-10-19(18(23)24-13)6-8-21-9-7-19;;/h2-5,13,21H,6-12H2,1H3;2*1H. The zero-order valence-electron chi connectivity index (χ0n) is 15.2. The molecule has 150 valence electrons. The molecule has 27 heavy (non-hydrogen) atoms. The number of benzene rings is 1. The first-order chi connectivity index (χ1) is 12.1. The first kappa shape index (κ1) is 22.7. The Labute approximate surface area is 181 Å². The quantitative estimate of drug-likeness (QED) is 0.694. The van der Waals surface area contributed by atoms with Crippen molar-refractivity contribution in [2.75, 3.05) is 26.7 Å². The number of carbonyl (C=O) groups is 1. The summed E-state index contributed by atoms with van der Waals surface area (Å²) in [7, 11) is 2.07. The molecule has 2 saturated heterocycles. The highest BCUT2D eigenvalue weighted by Gasteiger charge is 2.49. The van der Waals surface area contributed by atoms with Crippen molar-refractivity contribution in [1.29, 1.82) is 0 Å². The number of fused-ring (bicyclic) bond motifs is 1. The summed E-state index contributed by atoms with van der Waals surface area (Å²) in [5.41, 5.74) is -0.244. The van der Waals surface area contributed by atoms with Crippen LogP contribution in [0, 0.1) is 5.41 Å². The minimum atomic E-state index is -0.244. The molecule has 8 heteroatoms. The lowest BCUT2D eigenvalue weighted by molar-refractivity contribution is -0.150. The van der Waals surface area contributed by atoms with Gasteiger partial charge in [0.05, 0.1) is 10.4 Å². The van der Waals surface area contributed by atoms with Crippen molar-refractivity contribution in [3.63, 3.8) is 0 Å². The highest BCUT2D eigenvalue weighted by Crippen LogP contribution is 2.42. The predicted molar refractivity (Wildman–Crippen MR) is 117 cm³/mol. The Bertz CT molecular complexity index is 792. The van der Waals surface area contributed by atoms with Crippen LogP contribution in [-0.4, -0.2) is 43.7 Å². The number of cyclic esters (lactones) is 1. The van der Waals surface area contributed by atoms with Crippen molar-refractivity contribution < 1.29 is 9.53 Å². The third-order valence-corrected chi connectivity index (χ3v) is 7.12. The number of carbonyl (C=O) groups excluding carboxylic acids is 1. The number of nitrogens with one attached hydrogen (secondary N) is 1. The Kier molecular flexibility index (Phi) is 7.82. The predicted octanol–water partition coefficient (Wildman–Crippen LogP) is 4.52. The van der Waals surface area contributed by atoms with E-state index in [2.05, 4.69) is 29.4 Å². The second kappa shape index (κ2) is 9.29. The van der Waals surface area contributed by atoms with E-state index in [1.54, 1.807) is 11.3 Å². The summed E-state index contributed by atoms with van der Waals surface area (Å²) in [5.74, 6) is 0.00675. The number of nitrogens with zero attached hydrogens (tertiary/aromatic N) is 1. The van der Waals surface area contributed by atoms with E-state index in [1.165, 1.54) is 9.58 Å². The van der Waals surface area contributed by atoms with Gasteiger partial charge in [-0.15, -0.1) is 36.2 Å². The second-order valence-electron chi connectivity index (χ2n) is 7.29. The number of hydrogen-bond acceptors (Lipinski definition) is 5. The van der Waals surface area contributed by atoms with Gasteiger partial charge in [0.2, 0.25) is 0 Å². The largest absolute Gasteiger partial charge is 0.461 e. The molecule has 2 fully saturated rings. The summed E-state index contributed by atoms with van der Waals surface area (Å²) < 4.78 is 6.93. The molecule has 4 nitrogen and oxygen atoms in total. The molecule has 1 aromatic carbocycles. The molecule has 1 N–H and O–H groups in total. The summed E-state index contributed by atoms with van der Waals surface area (Å²) >= 11 is 8.29. The minimum Gasteiger partial charge on any atom is -0.461 e. The van der Waals surface area contributed by atoms with Gasteiger partial charge in [0.25, 0.3) is 0 Å².